The van der Waals surface area contributed by atoms with Crippen LogP contribution in [0.1, 0.15) is 36.8 Å². The zero-order chi connectivity index (χ0) is 17.7. The topological polar surface area (TPSA) is 95.5 Å². The molecule has 9 heteroatoms. The molecule has 1 amide bonds. The van der Waals surface area contributed by atoms with Crippen molar-refractivity contribution in [3.05, 3.63) is 17.1 Å². The lowest BCUT2D eigenvalue weighted by atomic mass is 9.81. The second-order valence-electron chi connectivity index (χ2n) is 6.97. The standard InChI is InChI=1S/C15H23N5O3S/c1-10-11-8-12(21)17-13(11)18-14(16-10)15(2)6-5-7-20(9-15)24(22,23)19(3)4/h5-9H2,1-4H3,(H,16,17,18,21)/t15-/m0/s1. The number of hydrogen-bond donors (Lipinski definition) is 1. The summed E-state index contributed by atoms with van der Waals surface area (Å²) >= 11 is 0. The molecule has 0 aromatic carbocycles. The molecule has 1 saturated heterocycles. The minimum absolute atomic E-state index is 0.0786. The van der Waals surface area contributed by atoms with Gasteiger partial charge >= 0.3 is 0 Å². The number of carbonyl (C=O) groups excluding carboxylic acids is 1. The predicted molar refractivity (Wildman–Crippen MR) is 89.9 cm³/mol. The third kappa shape index (κ3) is 2.80. The van der Waals surface area contributed by atoms with Crippen LogP contribution in [0, 0.1) is 6.92 Å². The van der Waals surface area contributed by atoms with E-state index in [1.54, 1.807) is 0 Å². The first kappa shape index (κ1) is 17.2. The van der Waals surface area contributed by atoms with Crippen molar-refractivity contribution in [2.45, 2.75) is 38.5 Å². The normalized spacial score (nSPS) is 25.0. The monoisotopic (exact) mass is 353 g/mol. The Morgan fingerprint density at radius 1 is 1.29 bits per heavy atom. The van der Waals surface area contributed by atoms with E-state index >= 15 is 0 Å². The van der Waals surface area contributed by atoms with Crippen molar-refractivity contribution >= 4 is 21.9 Å². The van der Waals surface area contributed by atoms with Gasteiger partial charge in [0.1, 0.15) is 11.6 Å². The van der Waals surface area contributed by atoms with Crippen LogP contribution >= 0.6 is 0 Å². The lowest BCUT2D eigenvalue weighted by Crippen LogP contribution is -2.51. The van der Waals surface area contributed by atoms with Crippen LogP contribution < -0.4 is 5.32 Å². The predicted octanol–water partition coefficient (Wildman–Crippen LogP) is 0.440. The van der Waals surface area contributed by atoms with E-state index in [1.807, 2.05) is 13.8 Å². The van der Waals surface area contributed by atoms with Crippen LogP contribution in [0.25, 0.3) is 0 Å². The fourth-order valence-corrected chi connectivity index (χ4v) is 4.59. The Bertz CT molecular complexity index is 793. The number of hydrogen-bond acceptors (Lipinski definition) is 5. The third-order valence-corrected chi connectivity index (χ3v) is 6.69. The van der Waals surface area contributed by atoms with Gasteiger partial charge < -0.3 is 5.32 Å². The second-order valence-corrected chi connectivity index (χ2v) is 9.12. The molecule has 2 aliphatic heterocycles. The summed E-state index contributed by atoms with van der Waals surface area (Å²) in [5.74, 6) is 1.08. The number of amides is 1. The Morgan fingerprint density at radius 2 is 2.00 bits per heavy atom. The lowest BCUT2D eigenvalue weighted by Gasteiger charge is -2.39. The zero-order valence-corrected chi connectivity index (χ0v) is 15.3. The maximum absolute atomic E-state index is 12.5. The van der Waals surface area contributed by atoms with Crippen LogP contribution in [0.2, 0.25) is 0 Å². The third-order valence-electron chi connectivity index (χ3n) is 4.80. The number of anilines is 1. The highest BCUT2D eigenvalue weighted by atomic mass is 32.2. The van der Waals surface area contributed by atoms with E-state index in [0.717, 1.165) is 24.1 Å². The SMILES string of the molecule is Cc1nc([C@@]2(C)CCCN(S(=O)(=O)N(C)C)C2)nc2c1CC(=O)N2. The number of piperidine rings is 1. The summed E-state index contributed by atoms with van der Waals surface area (Å²) in [7, 11) is -0.399. The highest BCUT2D eigenvalue weighted by Crippen LogP contribution is 2.35. The van der Waals surface area contributed by atoms with Gasteiger partial charge in [-0.2, -0.15) is 17.0 Å². The van der Waals surface area contributed by atoms with Gasteiger partial charge in [0, 0.05) is 43.9 Å². The average Bonchev–Trinajstić information content (AvgIpc) is 2.88. The fraction of sp³-hybridized carbons (Fsp3) is 0.667. The Balaban J connectivity index is 1.96. The molecule has 0 saturated carbocycles. The molecular formula is C15H23N5O3S. The van der Waals surface area contributed by atoms with Crippen molar-refractivity contribution in [3.63, 3.8) is 0 Å². The van der Waals surface area contributed by atoms with Crippen molar-refractivity contribution in [3.8, 4) is 0 Å². The van der Waals surface area contributed by atoms with E-state index in [0.29, 0.717) is 31.2 Å². The summed E-state index contributed by atoms with van der Waals surface area (Å²) in [6, 6.07) is 0. The first-order valence-corrected chi connectivity index (χ1v) is 9.39. The highest BCUT2D eigenvalue weighted by molar-refractivity contribution is 7.86. The first-order chi connectivity index (χ1) is 11.1. The minimum atomic E-state index is -3.47. The van der Waals surface area contributed by atoms with Crippen molar-refractivity contribution < 1.29 is 13.2 Å². The smallest absolute Gasteiger partial charge is 0.281 e. The molecule has 24 heavy (non-hydrogen) atoms. The molecule has 2 aliphatic rings. The summed E-state index contributed by atoms with van der Waals surface area (Å²) in [5, 5.41) is 2.76. The van der Waals surface area contributed by atoms with Crippen molar-refractivity contribution in [1.29, 1.82) is 0 Å². The van der Waals surface area contributed by atoms with E-state index in [9.17, 15) is 13.2 Å². The molecule has 1 aromatic rings. The maximum atomic E-state index is 12.5. The van der Waals surface area contributed by atoms with Crippen LogP contribution in [-0.4, -0.2) is 60.1 Å². The van der Waals surface area contributed by atoms with Crippen LogP contribution in [-0.2, 0) is 26.8 Å². The van der Waals surface area contributed by atoms with Gasteiger partial charge in [-0.15, -0.1) is 0 Å². The number of fused-ring (bicyclic) bond motifs is 1. The molecule has 3 heterocycles. The Labute approximate surface area is 142 Å². The van der Waals surface area contributed by atoms with Gasteiger partial charge in [0.15, 0.2) is 0 Å². The number of nitrogens with one attached hydrogen (secondary N) is 1. The van der Waals surface area contributed by atoms with Crippen LogP contribution in [0.4, 0.5) is 5.82 Å². The molecule has 1 N–H and O–H groups in total. The summed E-state index contributed by atoms with van der Waals surface area (Å²) < 4.78 is 27.6. The van der Waals surface area contributed by atoms with Gasteiger partial charge in [-0.3, -0.25) is 4.79 Å². The summed E-state index contributed by atoms with van der Waals surface area (Å²) in [6.45, 7) is 4.68. The lowest BCUT2D eigenvalue weighted by molar-refractivity contribution is -0.115. The van der Waals surface area contributed by atoms with Gasteiger partial charge in [-0.1, -0.05) is 6.92 Å². The Morgan fingerprint density at radius 3 is 2.67 bits per heavy atom. The summed E-state index contributed by atoms with van der Waals surface area (Å²) in [5.41, 5.74) is 1.14. The quantitative estimate of drug-likeness (QED) is 0.851. The van der Waals surface area contributed by atoms with E-state index in [1.165, 1.54) is 22.7 Å². The van der Waals surface area contributed by atoms with Gasteiger partial charge in [0.2, 0.25) is 5.91 Å². The Hall–Kier alpha value is -1.58. The largest absolute Gasteiger partial charge is 0.310 e. The molecule has 0 aliphatic carbocycles. The molecule has 0 unspecified atom stereocenters. The van der Waals surface area contributed by atoms with Gasteiger partial charge in [-0.25, -0.2) is 9.97 Å². The highest BCUT2D eigenvalue weighted by Gasteiger charge is 2.41. The van der Waals surface area contributed by atoms with Crippen molar-refractivity contribution in [1.82, 2.24) is 18.6 Å². The number of aromatic nitrogens is 2. The van der Waals surface area contributed by atoms with E-state index < -0.39 is 15.6 Å². The molecule has 0 radical (unpaired) electrons. The molecule has 1 aromatic heterocycles. The first-order valence-electron chi connectivity index (χ1n) is 7.99. The van der Waals surface area contributed by atoms with E-state index in [-0.39, 0.29) is 5.91 Å². The molecule has 1 fully saturated rings. The van der Waals surface area contributed by atoms with Crippen LogP contribution in [0.3, 0.4) is 0 Å². The zero-order valence-electron chi connectivity index (χ0n) is 14.5. The fourth-order valence-electron chi connectivity index (χ4n) is 3.32. The average molecular weight is 353 g/mol. The number of nitrogens with zero attached hydrogens (tertiary/aromatic N) is 4. The van der Waals surface area contributed by atoms with Crippen LogP contribution in [0.15, 0.2) is 0 Å². The molecule has 0 bridgehead atoms. The summed E-state index contributed by atoms with van der Waals surface area (Å²) in [4.78, 5) is 20.7. The minimum Gasteiger partial charge on any atom is -0.310 e. The number of aryl methyl sites for hydroxylation is 1. The maximum Gasteiger partial charge on any atom is 0.281 e. The number of rotatable bonds is 3. The number of carbonyl (C=O) groups is 1. The molecular weight excluding hydrogens is 330 g/mol. The van der Waals surface area contributed by atoms with Gasteiger partial charge in [0.25, 0.3) is 10.2 Å². The molecule has 0 spiro atoms. The van der Waals surface area contributed by atoms with Crippen molar-refractivity contribution in [2.24, 2.45) is 0 Å². The molecule has 1 atom stereocenters. The van der Waals surface area contributed by atoms with Gasteiger partial charge in [-0.05, 0) is 19.8 Å². The Kier molecular flexibility index (Phi) is 4.13. The molecule has 8 nitrogen and oxygen atoms in total. The molecule has 132 valence electrons. The molecule has 3 rings (SSSR count). The van der Waals surface area contributed by atoms with Crippen molar-refractivity contribution in [2.75, 3.05) is 32.5 Å². The second kappa shape index (κ2) is 5.75. The van der Waals surface area contributed by atoms with Crippen LogP contribution in [0.5, 0.6) is 0 Å². The van der Waals surface area contributed by atoms with E-state index in [2.05, 4.69) is 15.3 Å². The van der Waals surface area contributed by atoms with E-state index in [4.69, 9.17) is 0 Å². The van der Waals surface area contributed by atoms with Gasteiger partial charge in [0.05, 0.1) is 6.42 Å². The summed E-state index contributed by atoms with van der Waals surface area (Å²) in [6.07, 6.45) is 1.85.